The van der Waals surface area contributed by atoms with Crippen LogP contribution < -0.4 is 10.1 Å². The van der Waals surface area contributed by atoms with Gasteiger partial charge in [-0.3, -0.25) is 4.79 Å². The first-order valence-corrected chi connectivity index (χ1v) is 7.63. The van der Waals surface area contributed by atoms with Gasteiger partial charge in [-0.05, 0) is 48.4 Å². The van der Waals surface area contributed by atoms with Crippen LogP contribution >= 0.6 is 15.9 Å². The molecule has 0 radical (unpaired) electrons. The van der Waals surface area contributed by atoms with Gasteiger partial charge in [0.05, 0.1) is 13.2 Å². The van der Waals surface area contributed by atoms with Crippen LogP contribution in [0.3, 0.4) is 0 Å². The summed E-state index contributed by atoms with van der Waals surface area (Å²) in [6.45, 7) is 2.05. The van der Waals surface area contributed by atoms with Crippen molar-refractivity contribution < 1.29 is 9.53 Å². The highest BCUT2D eigenvalue weighted by atomic mass is 79.9. The number of ether oxygens (including phenoxy) is 1. The maximum absolute atomic E-state index is 12.3. The normalized spacial score (nSPS) is 11.8. The number of hydrogen-bond donors (Lipinski definition) is 1. The monoisotopic (exact) mass is 347 g/mol. The third-order valence-corrected chi connectivity index (χ3v) is 3.87. The Bertz CT molecular complexity index is 593. The van der Waals surface area contributed by atoms with Crippen LogP contribution in [0, 0.1) is 0 Å². The van der Waals surface area contributed by atoms with E-state index in [1.807, 2.05) is 36.4 Å². The summed E-state index contributed by atoms with van der Waals surface area (Å²) in [6, 6.07) is 15.1. The van der Waals surface area contributed by atoms with Crippen LogP contribution in [0.1, 0.15) is 35.3 Å². The van der Waals surface area contributed by atoms with Crippen molar-refractivity contribution in [1.29, 1.82) is 0 Å². The topological polar surface area (TPSA) is 38.3 Å². The van der Waals surface area contributed by atoms with E-state index in [2.05, 4.69) is 28.2 Å². The number of methoxy groups -OCH3 is 1. The molecule has 0 aliphatic rings. The van der Waals surface area contributed by atoms with Gasteiger partial charge >= 0.3 is 0 Å². The third-order valence-electron chi connectivity index (χ3n) is 3.34. The van der Waals surface area contributed by atoms with Crippen LogP contribution in [0.4, 0.5) is 0 Å². The van der Waals surface area contributed by atoms with Gasteiger partial charge in [-0.2, -0.15) is 0 Å². The summed E-state index contributed by atoms with van der Waals surface area (Å²) < 4.78 is 6.11. The molecule has 0 fully saturated rings. The number of benzene rings is 2. The summed E-state index contributed by atoms with van der Waals surface area (Å²) in [7, 11) is 1.64. The number of carbonyl (C=O) groups is 1. The Hall–Kier alpha value is -1.81. The van der Waals surface area contributed by atoms with Crippen molar-refractivity contribution in [1.82, 2.24) is 5.32 Å². The Morgan fingerprint density at radius 1 is 1.14 bits per heavy atom. The molecule has 110 valence electrons. The predicted octanol–water partition coefficient (Wildman–Crippen LogP) is 4.34. The summed E-state index contributed by atoms with van der Waals surface area (Å²) >= 11 is 3.37. The zero-order valence-corrected chi connectivity index (χ0v) is 13.7. The summed E-state index contributed by atoms with van der Waals surface area (Å²) in [5, 5.41) is 3.06. The van der Waals surface area contributed by atoms with Crippen LogP contribution in [0.2, 0.25) is 0 Å². The molecule has 0 saturated carbocycles. The quantitative estimate of drug-likeness (QED) is 0.873. The number of amides is 1. The lowest BCUT2D eigenvalue weighted by molar-refractivity contribution is 0.0935. The minimum atomic E-state index is -0.0647. The van der Waals surface area contributed by atoms with Crippen LogP contribution in [0.5, 0.6) is 5.75 Å². The van der Waals surface area contributed by atoms with Crippen LogP contribution in [-0.4, -0.2) is 13.0 Å². The molecule has 0 aliphatic carbocycles. The van der Waals surface area contributed by atoms with Crippen molar-refractivity contribution in [2.24, 2.45) is 0 Å². The standard InChI is InChI=1S/C17H18BrNO2/c1-3-16(12-6-10-15(21-2)11-7-12)19-17(20)13-4-8-14(18)9-5-13/h4-11,16H,3H2,1-2H3,(H,19,20)/t16-/m1/s1. The van der Waals surface area contributed by atoms with E-state index >= 15 is 0 Å². The van der Waals surface area contributed by atoms with Crippen LogP contribution in [0.25, 0.3) is 0 Å². The summed E-state index contributed by atoms with van der Waals surface area (Å²) in [5.41, 5.74) is 1.73. The Balaban J connectivity index is 2.10. The first-order valence-electron chi connectivity index (χ1n) is 6.84. The number of halogens is 1. The lowest BCUT2D eigenvalue weighted by Gasteiger charge is -2.18. The highest BCUT2D eigenvalue weighted by Crippen LogP contribution is 2.21. The molecule has 0 saturated heterocycles. The molecule has 0 aliphatic heterocycles. The minimum Gasteiger partial charge on any atom is -0.497 e. The van der Waals surface area contributed by atoms with Gasteiger partial charge in [0.2, 0.25) is 0 Å². The van der Waals surface area contributed by atoms with E-state index in [1.165, 1.54) is 0 Å². The van der Waals surface area contributed by atoms with E-state index in [4.69, 9.17) is 4.74 Å². The van der Waals surface area contributed by atoms with Crippen molar-refractivity contribution in [2.45, 2.75) is 19.4 Å². The maximum atomic E-state index is 12.3. The second-order valence-corrected chi connectivity index (χ2v) is 5.63. The second kappa shape index (κ2) is 7.27. The average Bonchev–Trinajstić information content (AvgIpc) is 2.53. The van der Waals surface area contributed by atoms with Crippen molar-refractivity contribution in [3.63, 3.8) is 0 Å². The first kappa shape index (κ1) is 15.6. The molecule has 2 rings (SSSR count). The van der Waals surface area contributed by atoms with E-state index in [1.54, 1.807) is 19.2 Å². The fourth-order valence-corrected chi connectivity index (χ4v) is 2.36. The fraction of sp³-hybridized carbons (Fsp3) is 0.235. The number of rotatable bonds is 5. The molecular weight excluding hydrogens is 330 g/mol. The zero-order chi connectivity index (χ0) is 15.2. The first-order chi connectivity index (χ1) is 10.1. The molecule has 1 N–H and O–H groups in total. The number of nitrogens with one attached hydrogen (secondary N) is 1. The molecule has 0 spiro atoms. The lowest BCUT2D eigenvalue weighted by Crippen LogP contribution is -2.28. The highest BCUT2D eigenvalue weighted by molar-refractivity contribution is 9.10. The molecule has 0 heterocycles. The van der Waals surface area contributed by atoms with Gasteiger partial charge in [-0.1, -0.05) is 35.0 Å². The average molecular weight is 348 g/mol. The maximum Gasteiger partial charge on any atom is 0.251 e. The van der Waals surface area contributed by atoms with Gasteiger partial charge in [0.25, 0.3) is 5.91 Å². The van der Waals surface area contributed by atoms with Gasteiger partial charge in [-0.15, -0.1) is 0 Å². The van der Waals surface area contributed by atoms with E-state index in [0.717, 1.165) is 22.2 Å². The Morgan fingerprint density at radius 2 is 1.76 bits per heavy atom. The van der Waals surface area contributed by atoms with Gasteiger partial charge in [0.1, 0.15) is 5.75 Å². The second-order valence-electron chi connectivity index (χ2n) is 4.71. The molecule has 2 aromatic carbocycles. The molecule has 0 bridgehead atoms. The van der Waals surface area contributed by atoms with Gasteiger partial charge in [0.15, 0.2) is 0 Å². The molecule has 0 aromatic heterocycles. The van der Waals surface area contributed by atoms with E-state index in [9.17, 15) is 4.79 Å². The van der Waals surface area contributed by atoms with Crippen LogP contribution in [0.15, 0.2) is 53.0 Å². The van der Waals surface area contributed by atoms with Gasteiger partial charge in [0, 0.05) is 10.0 Å². The van der Waals surface area contributed by atoms with Gasteiger partial charge < -0.3 is 10.1 Å². The van der Waals surface area contributed by atoms with Crippen LogP contribution in [-0.2, 0) is 0 Å². The fourth-order valence-electron chi connectivity index (χ4n) is 2.10. The molecule has 3 nitrogen and oxygen atoms in total. The number of carbonyl (C=O) groups excluding carboxylic acids is 1. The molecule has 4 heteroatoms. The van der Waals surface area contributed by atoms with Crippen molar-refractivity contribution in [3.8, 4) is 5.75 Å². The predicted molar refractivity (Wildman–Crippen MR) is 87.6 cm³/mol. The lowest BCUT2D eigenvalue weighted by atomic mass is 10.0. The summed E-state index contributed by atoms with van der Waals surface area (Å²) in [4.78, 5) is 12.3. The van der Waals surface area contributed by atoms with Crippen molar-refractivity contribution in [2.75, 3.05) is 7.11 Å². The minimum absolute atomic E-state index is 0.00736. The zero-order valence-electron chi connectivity index (χ0n) is 12.1. The Morgan fingerprint density at radius 3 is 2.29 bits per heavy atom. The smallest absolute Gasteiger partial charge is 0.251 e. The Kier molecular flexibility index (Phi) is 5.39. The SMILES string of the molecule is CC[C@@H](NC(=O)c1ccc(Br)cc1)c1ccc(OC)cc1. The molecule has 1 atom stereocenters. The highest BCUT2D eigenvalue weighted by Gasteiger charge is 2.14. The van der Waals surface area contributed by atoms with Crippen molar-refractivity contribution in [3.05, 3.63) is 64.1 Å². The summed E-state index contributed by atoms with van der Waals surface area (Å²) in [6.07, 6.45) is 0.828. The van der Waals surface area contributed by atoms with E-state index in [-0.39, 0.29) is 11.9 Å². The molecule has 2 aromatic rings. The Labute approximate surface area is 133 Å². The largest absolute Gasteiger partial charge is 0.497 e. The molecular formula is C17H18BrNO2. The molecule has 0 unspecified atom stereocenters. The van der Waals surface area contributed by atoms with E-state index in [0.29, 0.717) is 5.56 Å². The molecule has 1 amide bonds. The summed E-state index contributed by atoms with van der Waals surface area (Å²) in [5.74, 6) is 0.748. The van der Waals surface area contributed by atoms with Gasteiger partial charge in [-0.25, -0.2) is 0 Å². The number of hydrogen-bond acceptors (Lipinski definition) is 2. The molecule has 21 heavy (non-hydrogen) atoms. The van der Waals surface area contributed by atoms with Crippen molar-refractivity contribution >= 4 is 21.8 Å². The third kappa shape index (κ3) is 4.08. The van der Waals surface area contributed by atoms with E-state index < -0.39 is 0 Å².